The van der Waals surface area contributed by atoms with Gasteiger partial charge in [0.05, 0.1) is 6.10 Å². The van der Waals surface area contributed by atoms with E-state index in [0.29, 0.717) is 6.54 Å². The highest BCUT2D eigenvalue weighted by atomic mass is 16.3. The van der Waals surface area contributed by atoms with Crippen molar-refractivity contribution in [3.63, 3.8) is 0 Å². The lowest BCUT2D eigenvalue weighted by Gasteiger charge is -2.11. The van der Waals surface area contributed by atoms with Crippen molar-refractivity contribution in [2.24, 2.45) is 0 Å². The Balaban J connectivity index is 2.44. The van der Waals surface area contributed by atoms with Crippen LogP contribution in [0.15, 0.2) is 18.2 Å². The van der Waals surface area contributed by atoms with Crippen molar-refractivity contribution in [1.29, 1.82) is 0 Å². The van der Waals surface area contributed by atoms with Gasteiger partial charge in [0.15, 0.2) is 0 Å². The van der Waals surface area contributed by atoms with E-state index >= 15 is 0 Å². The molecule has 1 aromatic carbocycles. The Labute approximate surface area is 92.3 Å². The Morgan fingerprint density at radius 3 is 2.67 bits per heavy atom. The topological polar surface area (TPSA) is 32.3 Å². The van der Waals surface area contributed by atoms with Gasteiger partial charge in [0.2, 0.25) is 0 Å². The number of benzene rings is 1. The Hall–Kier alpha value is -0.860. The summed E-state index contributed by atoms with van der Waals surface area (Å²) in [5.41, 5.74) is 3.92. The molecule has 0 aromatic heterocycles. The first-order chi connectivity index (χ1) is 7.13. The zero-order chi connectivity index (χ0) is 11.3. The van der Waals surface area contributed by atoms with Gasteiger partial charge in [-0.3, -0.25) is 0 Å². The molecule has 0 saturated heterocycles. The highest BCUT2D eigenvalue weighted by Crippen LogP contribution is 2.09. The lowest BCUT2D eigenvalue weighted by atomic mass is 10.1. The van der Waals surface area contributed by atoms with Gasteiger partial charge in [0.25, 0.3) is 0 Å². The molecule has 0 radical (unpaired) electrons. The monoisotopic (exact) mass is 207 g/mol. The van der Waals surface area contributed by atoms with Crippen LogP contribution in [0.1, 0.15) is 30.0 Å². The number of aliphatic hydroxyl groups is 1. The maximum absolute atomic E-state index is 9.39. The average molecular weight is 207 g/mol. The molecule has 0 aliphatic heterocycles. The van der Waals surface area contributed by atoms with Crippen molar-refractivity contribution in [1.82, 2.24) is 5.32 Å². The molecule has 0 saturated carbocycles. The summed E-state index contributed by atoms with van der Waals surface area (Å²) < 4.78 is 0. The minimum Gasteiger partial charge on any atom is -0.392 e. The molecule has 1 rings (SSSR count). The second-order valence-electron chi connectivity index (χ2n) is 4.12. The third-order valence-electron chi connectivity index (χ3n) is 2.66. The molecule has 1 atom stereocenters. The molecule has 0 amide bonds. The number of nitrogens with one attached hydrogen (secondary N) is 1. The van der Waals surface area contributed by atoms with Crippen molar-refractivity contribution >= 4 is 0 Å². The Morgan fingerprint density at radius 1 is 1.33 bits per heavy atom. The van der Waals surface area contributed by atoms with Crippen LogP contribution in [0.3, 0.4) is 0 Å². The first kappa shape index (κ1) is 12.2. The van der Waals surface area contributed by atoms with Crippen LogP contribution in [0.5, 0.6) is 0 Å². The number of aliphatic hydroxyl groups excluding tert-OH is 1. The van der Waals surface area contributed by atoms with Crippen molar-refractivity contribution < 1.29 is 5.11 Å². The van der Waals surface area contributed by atoms with E-state index in [2.05, 4.69) is 37.4 Å². The highest BCUT2D eigenvalue weighted by molar-refractivity contribution is 5.30. The zero-order valence-corrected chi connectivity index (χ0v) is 9.88. The van der Waals surface area contributed by atoms with Crippen molar-refractivity contribution in [3.8, 4) is 0 Å². The van der Waals surface area contributed by atoms with Crippen LogP contribution in [-0.4, -0.2) is 17.8 Å². The number of aryl methyl sites for hydroxylation is 2. The molecule has 1 aromatic rings. The Morgan fingerprint density at radius 2 is 2.07 bits per heavy atom. The van der Waals surface area contributed by atoms with E-state index in [0.717, 1.165) is 13.0 Å². The molecule has 1 unspecified atom stereocenters. The summed E-state index contributed by atoms with van der Waals surface area (Å²) in [5.74, 6) is 0. The standard InChI is InChI=1S/C13H21NO/c1-4-13(15)9-14-8-12-6-5-10(2)7-11(12)3/h5-7,13-15H,4,8-9H2,1-3H3. The molecular weight excluding hydrogens is 186 g/mol. The smallest absolute Gasteiger partial charge is 0.0662 e. The quantitative estimate of drug-likeness (QED) is 0.775. The fraction of sp³-hybridized carbons (Fsp3) is 0.538. The molecule has 0 fully saturated rings. The van der Waals surface area contributed by atoms with E-state index in [1.165, 1.54) is 16.7 Å². The predicted molar refractivity (Wildman–Crippen MR) is 63.9 cm³/mol. The van der Waals surface area contributed by atoms with Crippen LogP contribution in [0, 0.1) is 13.8 Å². The summed E-state index contributed by atoms with van der Waals surface area (Å²) in [6, 6.07) is 6.46. The minimum atomic E-state index is -0.226. The van der Waals surface area contributed by atoms with Crippen molar-refractivity contribution in [2.75, 3.05) is 6.54 Å². The van der Waals surface area contributed by atoms with E-state index < -0.39 is 0 Å². The summed E-state index contributed by atoms with van der Waals surface area (Å²) in [6.45, 7) is 7.72. The fourth-order valence-electron chi connectivity index (χ4n) is 1.56. The molecule has 0 bridgehead atoms. The fourth-order valence-corrected chi connectivity index (χ4v) is 1.56. The molecule has 2 N–H and O–H groups in total. The second-order valence-corrected chi connectivity index (χ2v) is 4.12. The lowest BCUT2D eigenvalue weighted by molar-refractivity contribution is 0.167. The van der Waals surface area contributed by atoms with Crippen LogP contribution in [0.2, 0.25) is 0 Å². The summed E-state index contributed by atoms with van der Waals surface area (Å²) in [6.07, 6.45) is 0.579. The summed E-state index contributed by atoms with van der Waals surface area (Å²) in [4.78, 5) is 0. The van der Waals surface area contributed by atoms with Crippen LogP contribution in [-0.2, 0) is 6.54 Å². The van der Waals surface area contributed by atoms with Gasteiger partial charge in [-0.05, 0) is 31.4 Å². The SMILES string of the molecule is CCC(O)CNCc1ccc(C)cc1C. The van der Waals surface area contributed by atoms with Crippen LogP contribution >= 0.6 is 0 Å². The molecule has 2 nitrogen and oxygen atoms in total. The summed E-state index contributed by atoms with van der Waals surface area (Å²) in [5, 5.41) is 12.6. The van der Waals surface area contributed by atoms with Gasteiger partial charge >= 0.3 is 0 Å². The molecule has 0 aliphatic carbocycles. The largest absolute Gasteiger partial charge is 0.392 e. The van der Waals surface area contributed by atoms with Gasteiger partial charge in [-0.15, -0.1) is 0 Å². The second kappa shape index (κ2) is 5.89. The summed E-state index contributed by atoms with van der Waals surface area (Å²) in [7, 11) is 0. The van der Waals surface area contributed by atoms with Gasteiger partial charge in [-0.25, -0.2) is 0 Å². The van der Waals surface area contributed by atoms with Gasteiger partial charge in [-0.2, -0.15) is 0 Å². The van der Waals surface area contributed by atoms with E-state index in [1.54, 1.807) is 0 Å². The van der Waals surface area contributed by atoms with Gasteiger partial charge in [0, 0.05) is 13.1 Å². The molecular formula is C13H21NO. The van der Waals surface area contributed by atoms with Crippen molar-refractivity contribution in [3.05, 3.63) is 34.9 Å². The minimum absolute atomic E-state index is 0.226. The molecule has 2 heteroatoms. The molecule has 84 valence electrons. The zero-order valence-electron chi connectivity index (χ0n) is 9.88. The van der Waals surface area contributed by atoms with Crippen LogP contribution in [0.4, 0.5) is 0 Å². The maximum atomic E-state index is 9.39. The molecule has 0 spiro atoms. The van der Waals surface area contributed by atoms with E-state index in [4.69, 9.17) is 0 Å². The summed E-state index contributed by atoms with van der Waals surface area (Å²) >= 11 is 0. The first-order valence-electron chi connectivity index (χ1n) is 5.58. The molecule has 15 heavy (non-hydrogen) atoms. The third kappa shape index (κ3) is 4.02. The third-order valence-corrected chi connectivity index (χ3v) is 2.66. The van der Waals surface area contributed by atoms with Crippen LogP contribution in [0.25, 0.3) is 0 Å². The van der Waals surface area contributed by atoms with E-state index in [9.17, 15) is 5.11 Å². The first-order valence-corrected chi connectivity index (χ1v) is 5.58. The Bertz CT molecular complexity index is 309. The Kier molecular flexibility index (Phi) is 4.79. The van der Waals surface area contributed by atoms with Gasteiger partial charge < -0.3 is 10.4 Å². The van der Waals surface area contributed by atoms with Crippen molar-refractivity contribution in [2.45, 2.75) is 39.8 Å². The molecule has 0 heterocycles. The van der Waals surface area contributed by atoms with Gasteiger partial charge in [0.1, 0.15) is 0 Å². The van der Waals surface area contributed by atoms with E-state index in [1.807, 2.05) is 6.92 Å². The van der Waals surface area contributed by atoms with Crippen LogP contribution < -0.4 is 5.32 Å². The average Bonchev–Trinajstić information content (AvgIpc) is 2.21. The predicted octanol–water partition coefficient (Wildman–Crippen LogP) is 2.16. The van der Waals surface area contributed by atoms with Gasteiger partial charge in [-0.1, -0.05) is 30.7 Å². The number of hydrogen-bond acceptors (Lipinski definition) is 2. The number of hydrogen-bond donors (Lipinski definition) is 2. The maximum Gasteiger partial charge on any atom is 0.0662 e. The normalized spacial score (nSPS) is 12.8. The van der Waals surface area contributed by atoms with E-state index in [-0.39, 0.29) is 6.10 Å². The molecule has 0 aliphatic rings. The lowest BCUT2D eigenvalue weighted by Crippen LogP contribution is -2.25. The highest BCUT2D eigenvalue weighted by Gasteiger charge is 2.01. The number of rotatable bonds is 5.